The first-order chi connectivity index (χ1) is 24.8. The molecule has 2 N–H and O–H groups in total. The van der Waals surface area contributed by atoms with E-state index in [1.54, 1.807) is 18.2 Å². The third kappa shape index (κ3) is 6.03. The number of anilines is 1. The molecule has 0 amide bonds. The Morgan fingerprint density at radius 2 is 1.83 bits per heavy atom. The third-order valence-electron chi connectivity index (χ3n) is 14.1. The van der Waals surface area contributed by atoms with Gasteiger partial charge in [-0.2, -0.15) is 5.10 Å². The highest BCUT2D eigenvalue weighted by Crippen LogP contribution is 2.68. The van der Waals surface area contributed by atoms with Gasteiger partial charge in [-0.25, -0.2) is 0 Å². The van der Waals surface area contributed by atoms with Crippen molar-refractivity contribution < 1.29 is 24.4 Å². The van der Waals surface area contributed by atoms with E-state index < -0.39 is 23.0 Å². The normalized spacial score (nSPS) is 36.2. The smallest absolute Gasteiger partial charge is 0.320 e. The predicted octanol–water partition coefficient (Wildman–Crippen LogP) is 6.06. The number of hydrazone groups is 1. The first-order valence-electron chi connectivity index (χ1n) is 19.0. The number of esters is 1. The largest absolute Gasteiger partial charge is 0.461 e. The fourth-order valence-electron chi connectivity index (χ4n) is 10.6. The third-order valence-corrected chi connectivity index (χ3v) is 14.1. The maximum absolute atomic E-state index is 13.8. The monoisotopic (exact) mass is 711 g/mol. The minimum Gasteiger partial charge on any atom is -0.461 e. The number of nitro groups is 1. The molecule has 1 saturated heterocycles. The molecule has 3 saturated carbocycles. The summed E-state index contributed by atoms with van der Waals surface area (Å²) in [6.45, 7) is 15.8. The van der Waals surface area contributed by atoms with Gasteiger partial charge in [-0.05, 0) is 66.7 Å². The van der Waals surface area contributed by atoms with E-state index in [0.717, 1.165) is 43.6 Å². The number of benzene rings is 2. The van der Waals surface area contributed by atoms with E-state index in [1.165, 1.54) is 6.07 Å². The molecule has 0 radical (unpaired) electrons. The van der Waals surface area contributed by atoms with Gasteiger partial charge in [0.2, 0.25) is 0 Å². The number of hydrogen-bond acceptors (Lipinski definition) is 10. The molecule has 4 fully saturated rings. The number of ketones is 1. The molecule has 2 aromatic rings. The van der Waals surface area contributed by atoms with E-state index in [1.807, 2.05) is 13.0 Å². The molecular formula is C41H53N5O6. The number of aliphatic hydroxyl groups is 1. The molecule has 0 aromatic heterocycles. The lowest BCUT2D eigenvalue weighted by molar-refractivity contribution is -0.385. The van der Waals surface area contributed by atoms with Gasteiger partial charge in [-0.3, -0.25) is 24.6 Å². The molecule has 11 heteroatoms. The molecule has 2 bridgehead atoms. The van der Waals surface area contributed by atoms with Crippen molar-refractivity contribution in [3.05, 3.63) is 82.4 Å². The summed E-state index contributed by atoms with van der Waals surface area (Å²) in [5.41, 5.74) is 5.11. The number of hydrogen-bond donors (Lipinski definition) is 2. The number of aliphatic hydroxyl groups excluding tert-OH is 1. The standard InChI is InChI=1S/C41H53N5O6/c1-6-39(4)24-35(40(5)26(2)15-17-41(27(3)38(39)49)18-16-34(47)37(40)41)52-36(48)25-44-19-21-45(22-20-44)29-13-11-28(12-14-29)31-23-32(43-42-31)30-9-7-8-10-33(30)46(50)51/h6-14,26-27,31,35,37-38,42,49H,1,15-25H2,2-5H3/t26-,27+,31?,35-,37+,38+,39-,40+,41+/m1/s1. The van der Waals surface area contributed by atoms with Crippen molar-refractivity contribution in [2.45, 2.75) is 84.5 Å². The lowest BCUT2D eigenvalue weighted by Crippen LogP contribution is -2.63. The van der Waals surface area contributed by atoms with Crippen molar-refractivity contribution in [1.82, 2.24) is 10.3 Å². The van der Waals surface area contributed by atoms with E-state index in [4.69, 9.17) is 4.74 Å². The summed E-state index contributed by atoms with van der Waals surface area (Å²) in [6.07, 6.45) is 4.81. The number of piperazine rings is 1. The molecule has 52 heavy (non-hydrogen) atoms. The molecule has 5 aliphatic rings. The van der Waals surface area contributed by atoms with Crippen molar-refractivity contribution >= 4 is 28.8 Å². The molecule has 2 aromatic carbocycles. The number of rotatable bonds is 8. The predicted molar refractivity (Wildman–Crippen MR) is 200 cm³/mol. The van der Waals surface area contributed by atoms with E-state index in [2.05, 4.69) is 71.9 Å². The quantitative estimate of drug-likeness (QED) is 0.145. The molecule has 9 atom stereocenters. The average molecular weight is 712 g/mol. The summed E-state index contributed by atoms with van der Waals surface area (Å²) < 4.78 is 6.50. The molecular weight excluding hydrogens is 658 g/mol. The molecule has 0 spiro atoms. The van der Waals surface area contributed by atoms with Crippen LogP contribution in [-0.2, 0) is 14.3 Å². The van der Waals surface area contributed by atoms with Crippen LogP contribution >= 0.6 is 0 Å². The molecule has 11 nitrogen and oxygen atoms in total. The number of nitro benzene ring substituents is 1. The van der Waals surface area contributed by atoms with Crippen LogP contribution in [0.3, 0.4) is 0 Å². The summed E-state index contributed by atoms with van der Waals surface area (Å²) in [5.74, 6) is -0.119. The fourth-order valence-corrected chi connectivity index (χ4v) is 10.6. The van der Waals surface area contributed by atoms with Gasteiger partial charge in [-0.1, -0.05) is 58.0 Å². The number of nitrogens with zero attached hydrogens (tertiary/aromatic N) is 4. The van der Waals surface area contributed by atoms with Crippen LogP contribution in [0.5, 0.6) is 0 Å². The van der Waals surface area contributed by atoms with Crippen LogP contribution in [0.1, 0.15) is 83.4 Å². The Hall–Kier alpha value is -4.09. The van der Waals surface area contributed by atoms with Crippen LogP contribution in [0.15, 0.2) is 66.3 Å². The Morgan fingerprint density at radius 3 is 2.52 bits per heavy atom. The number of carbonyl (C=O) groups is 2. The van der Waals surface area contributed by atoms with Crippen LogP contribution in [0.2, 0.25) is 0 Å². The van der Waals surface area contributed by atoms with Gasteiger partial charge in [0.05, 0.1) is 34.9 Å². The molecule has 7 rings (SSSR count). The Labute approximate surface area is 306 Å². The Balaban J connectivity index is 0.977. The number of Topliss-reactive ketones (excluding diaryl/α,β-unsaturated/α-hetero) is 1. The lowest BCUT2D eigenvalue weighted by Gasteiger charge is -2.61. The lowest BCUT2D eigenvalue weighted by atomic mass is 9.44. The number of para-hydroxylation sites is 1. The summed E-state index contributed by atoms with van der Waals surface area (Å²) in [6, 6.07) is 15.0. The molecule has 3 aliphatic carbocycles. The molecule has 1 unspecified atom stereocenters. The van der Waals surface area contributed by atoms with E-state index in [9.17, 15) is 24.8 Å². The van der Waals surface area contributed by atoms with E-state index >= 15 is 0 Å². The molecule has 278 valence electrons. The van der Waals surface area contributed by atoms with Gasteiger partial charge in [0.15, 0.2) is 0 Å². The second kappa shape index (κ2) is 13.7. The number of nitrogens with one attached hydrogen (secondary N) is 1. The summed E-state index contributed by atoms with van der Waals surface area (Å²) in [4.78, 5) is 43.1. The zero-order valence-corrected chi connectivity index (χ0v) is 30.9. The molecule has 2 aliphatic heterocycles. The highest BCUT2D eigenvalue weighted by atomic mass is 16.6. The van der Waals surface area contributed by atoms with Gasteiger partial charge >= 0.3 is 5.97 Å². The average Bonchev–Trinajstić information content (AvgIpc) is 3.78. The topological polar surface area (TPSA) is 138 Å². The van der Waals surface area contributed by atoms with Crippen molar-refractivity contribution in [1.29, 1.82) is 0 Å². The fraction of sp³-hybridized carbons (Fsp3) is 0.585. The van der Waals surface area contributed by atoms with Crippen LogP contribution in [-0.4, -0.2) is 77.3 Å². The number of ether oxygens (including phenoxy) is 1. The van der Waals surface area contributed by atoms with Crippen molar-refractivity contribution in [3.63, 3.8) is 0 Å². The van der Waals surface area contributed by atoms with E-state index in [-0.39, 0.29) is 58.1 Å². The SMILES string of the molecule is C=C[C@]1(C)C[C@@H](OC(=O)CN2CCN(c3ccc(C4CC(c5ccccc5[N+](=O)[O-])=NN4)cc3)CC2)[C@]2(C)[C@H](C)CC[C@]3(CCC(=O)[C@H]32)[C@@H](C)[C@@H]1O. The van der Waals surface area contributed by atoms with Crippen molar-refractivity contribution in [2.24, 2.45) is 39.1 Å². The Bertz CT molecular complexity index is 1760. The van der Waals surface area contributed by atoms with Gasteiger partial charge in [0, 0.05) is 67.5 Å². The minimum atomic E-state index is -0.682. The van der Waals surface area contributed by atoms with Gasteiger partial charge in [0.25, 0.3) is 5.69 Å². The van der Waals surface area contributed by atoms with E-state index in [0.29, 0.717) is 43.6 Å². The first-order valence-corrected chi connectivity index (χ1v) is 19.0. The number of carbonyl (C=O) groups excluding carboxylic acids is 2. The minimum absolute atomic E-state index is 0.0567. The van der Waals surface area contributed by atoms with Gasteiger partial charge in [-0.15, -0.1) is 6.58 Å². The second-order valence-corrected chi connectivity index (χ2v) is 16.6. The Kier molecular flexibility index (Phi) is 9.57. The zero-order chi connectivity index (χ0) is 37.0. The van der Waals surface area contributed by atoms with Crippen LogP contribution in [0, 0.1) is 44.1 Å². The first kappa shape index (κ1) is 36.3. The summed E-state index contributed by atoms with van der Waals surface area (Å²) in [5, 5.41) is 27.8. The second-order valence-electron chi connectivity index (χ2n) is 16.6. The van der Waals surface area contributed by atoms with Crippen molar-refractivity contribution in [3.8, 4) is 0 Å². The zero-order valence-electron chi connectivity index (χ0n) is 30.9. The van der Waals surface area contributed by atoms with Crippen LogP contribution in [0.25, 0.3) is 0 Å². The van der Waals surface area contributed by atoms with Crippen molar-refractivity contribution in [2.75, 3.05) is 37.6 Å². The molecule has 2 heterocycles. The summed E-state index contributed by atoms with van der Waals surface area (Å²) >= 11 is 0. The van der Waals surface area contributed by atoms with Crippen LogP contribution < -0.4 is 10.3 Å². The maximum atomic E-state index is 13.8. The highest BCUT2D eigenvalue weighted by Gasteiger charge is 2.68. The van der Waals surface area contributed by atoms with Crippen LogP contribution in [0.4, 0.5) is 11.4 Å². The Morgan fingerprint density at radius 1 is 1.12 bits per heavy atom. The highest BCUT2D eigenvalue weighted by molar-refractivity contribution is 6.05. The summed E-state index contributed by atoms with van der Waals surface area (Å²) in [7, 11) is 0. The van der Waals surface area contributed by atoms with Gasteiger partial charge in [0.1, 0.15) is 11.9 Å². The maximum Gasteiger partial charge on any atom is 0.320 e. The van der Waals surface area contributed by atoms with Gasteiger partial charge < -0.3 is 20.2 Å².